The predicted molar refractivity (Wildman–Crippen MR) is 140 cm³/mol. The van der Waals surface area contributed by atoms with Crippen molar-refractivity contribution in [3.63, 3.8) is 0 Å². The van der Waals surface area contributed by atoms with Crippen molar-refractivity contribution in [2.75, 3.05) is 18.0 Å². The third kappa shape index (κ3) is 5.59. The number of nitrogens with one attached hydrogen (secondary N) is 2. The van der Waals surface area contributed by atoms with Crippen molar-refractivity contribution in [3.05, 3.63) is 95.9 Å². The molecule has 5 rings (SSSR count). The predicted octanol–water partition coefficient (Wildman–Crippen LogP) is 4.79. The van der Waals surface area contributed by atoms with Crippen LogP contribution in [0.5, 0.6) is 0 Å². The maximum atomic E-state index is 15.0. The molecule has 2 amide bonds. The molecule has 0 unspecified atom stereocenters. The standard InChI is InChI=1S/C29H27FN4O3/c1-19(35)33-17-24-18-34(29(36)37-24)23-10-11-25(27(30)14-23)21-8-6-20(7-9-21)15-31-16-22-12-13-32-28-5-3-2-4-26(22)28/h2-14,24,31H,15-18H2,1H3,(H,33,35)/t24-/m0/s1. The third-order valence-electron chi connectivity index (χ3n) is 6.37. The van der Waals surface area contributed by atoms with Gasteiger partial charge in [0.05, 0.1) is 24.3 Å². The van der Waals surface area contributed by atoms with E-state index in [1.165, 1.54) is 23.5 Å². The monoisotopic (exact) mass is 498 g/mol. The molecule has 2 N–H and O–H groups in total. The van der Waals surface area contributed by atoms with E-state index in [0.717, 1.165) is 22.0 Å². The lowest BCUT2D eigenvalue weighted by molar-refractivity contribution is -0.119. The fourth-order valence-corrected chi connectivity index (χ4v) is 4.46. The SMILES string of the molecule is CC(=O)NC[C@H]1CN(c2ccc(-c3ccc(CNCc4ccnc5ccccc45)cc3)c(F)c2)C(=O)O1. The van der Waals surface area contributed by atoms with Gasteiger partial charge in [0.1, 0.15) is 11.9 Å². The van der Waals surface area contributed by atoms with E-state index in [-0.39, 0.29) is 19.0 Å². The van der Waals surface area contributed by atoms with Crippen molar-refractivity contribution in [2.24, 2.45) is 0 Å². The normalized spacial score (nSPS) is 15.1. The Hall–Kier alpha value is -4.30. The number of hydrogen-bond acceptors (Lipinski definition) is 5. The quantitative estimate of drug-likeness (QED) is 0.365. The summed E-state index contributed by atoms with van der Waals surface area (Å²) < 4.78 is 20.3. The smallest absolute Gasteiger partial charge is 0.414 e. The first-order chi connectivity index (χ1) is 18.0. The molecular formula is C29H27FN4O3. The molecule has 0 radical (unpaired) electrons. The second kappa shape index (κ2) is 10.8. The van der Waals surface area contributed by atoms with Gasteiger partial charge in [-0.15, -0.1) is 0 Å². The highest BCUT2D eigenvalue weighted by atomic mass is 19.1. The number of aromatic nitrogens is 1. The maximum Gasteiger partial charge on any atom is 0.414 e. The number of halogens is 1. The van der Waals surface area contributed by atoms with Crippen LogP contribution in [0, 0.1) is 5.82 Å². The molecule has 8 heteroatoms. The highest BCUT2D eigenvalue weighted by Crippen LogP contribution is 2.29. The summed E-state index contributed by atoms with van der Waals surface area (Å²) >= 11 is 0. The highest BCUT2D eigenvalue weighted by molar-refractivity contribution is 5.90. The third-order valence-corrected chi connectivity index (χ3v) is 6.37. The van der Waals surface area contributed by atoms with Gasteiger partial charge in [-0.1, -0.05) is 42.5 Å². The van der Waals surface area contributed by atoms with E-state index in [0.29, 0.717) is 24.3 Å². The molecule has 7 nitrogen and oxygen atoms in total. The Morgan fingerprint density at radius 2 is 1.89 bits per heavy atom. The molecule has 0 spiro atoms. The molecular weight excluding hydrogens is 471 g/mol. The summed E-state index contributed by atoms with van der Waals surface area (Å²) in [4.78, 5) is 29.1. The molecule has 0 aliphatic carbocycles. The average Bonchev–Trinajstić information content (AvgIpc) is 3.28. The second-order valence-corrected chi connectivity index (χ2v) is 9.01. The molecule has 1 atom stereocenters. The van der Waals surface area contributed by atoms with Crippen LogP contribution in [0.4, 0.5) is 14.9 Å². The van der Waals surface area contributed by atoms with Gasteiger partial charge in [0.25, 0.3) is 0 Å². The Morgan fingerprint density at radius 3 is 2.68 bits per heavy atom. The maximum absolute atomic E-state index is 15.0. The Balaban J connectivity index is 1.21. The molecule has 0 saturated carbocycles. The summed E-state index contributed by atoms with van der Waals surface area (Å²) in [5.41, 5.74) is 4.87. The van der Waals surface area contributed by atoms with E-state index >= 15 is 4.39 Å². The number of amides is 2. The van der Waals surface area contributed by atoms with Crippen molar-refractivity contribution >= 4 is 28.6 Å². The average molecular weight is 499 g/mol. The topological polar surface area (TPSA) is 83.6 Å². The molecule has 0 bridgehead atoms. The molecule has 3 aromatic carbocycles. The summed E-state index contributed by atoms with van der Waals surface area (Å²) in [5.74, 6) is -0.625. The highest BCUT2D eigenvalue weighted by Gasteiger charge is 2.32. The summed E-state index contributed by atoms with van der Waals surface area (Å²) in [7, 11) is 0. The summed E-state index contributed by atoms with van der Waals surface area (Å²) in [6, 6.07) is 22.5. The van der Waals surface area contributed by atoms with Gasteiger partial charge in [0, 0.05) is 37.2 Å². The molecule has 37 heavy (non-hydrogen) atoms. The number of nitrogens with zero attached hydrogens (tertiary/aromatic N) is 2. The van der Waals surface area contributed by atoms with Crippen LogP contribution in [0.25, 0.3) is 22.0 Å². The van der Waals surface area contributed by atoms with E-state index in [4.69, 9.17) is 4.74 Å². The minimum atomic E-state index is -0.556. The molecule has 188 valence electrons. The van der Waals surface area contributed by atoms with E-state index in [9.17, 15) is 9.59 Å². The van der Waals surface area contributed by atoms with Crippen LogP contribution >= 0.6 is 0 Å². The van der Waals surface area contributed by atoms with Gasteiger partial charge in [0.15, 0.2) is 0 Å². The number of hydrogen-bond donors (Lipinski definition) is 2. The molecule has 1 aromatic heterocycles. The van der Waals surface area contributed by atoms with E-state index in [1.54, 1.807) is 12.1 Å². The zero-order valence-corrected chi connectivity index (χ0v) is 20.4. The van der Waals surface area contributed by atoms with Crippen LogP contribution in [-0.4, -0.2) is 36.2 Å². The number of carbonyl (C=O) groups excluding carboxylic acids is 2. The van der Waals surface area contributed by atoms with Gasteiger partial charge in [-0.25, -0.2) is 9.18 Å². The zero-order valence-electron chi connectivity index (χ0n) is 20.4. The van der Waals surface area contributed by atoms with Crippen molar-refractivity contribution in [2.45, 2.75) is 26.1 Å². The number of ether oxygens (including phenoxy) is 1. The second-order valence-electron chi connectivity index (χ2n) is 9.01. The number of anilines is 1. The van der Waals surface area contributed by atoms with Crippen molar-refractivity contribution in [1.82, 2.24) is 15.6 Å². The Labute approximate surface area is 214 Å². The van der Waals surface area contributed by atoms with Gasteiger partial charge in [-0.3, -0.25) is 14.7 Å². The fraction of sp³-hybridized carbons (Fsp3) is 0.207. The Morgan fingerprint density at radius 1 is 1.08 bits per heavy atom. The summed E-state index contributed by atoms with van der Waals surface area (Å²) in [6.45, 7) is 3.25. The lowest BCUT2D eigenvalue weighted by Gasteiger charge is -2.15. The van der Waals surface area contributed by atoms with Gasteiger partial charge in [0.2, 0.25) is 5.91 Å². The Bertz CT molecular complexity index is 1440. The van der Waals surface area contributed by atoms with E-state index in [1.807, 2.05) is 54.7 Å². The number of pyridine rings is 1. The first kappa shape index (κ1) is 24.4. The van der Waals surface area contributed by atoms with Crippen LogP contribution < -0.4 is 15.5 Å². The minimum absolute atomic E-state index is 0.200. The van der Waals surface area contributed by atoms with Gasteiger partial charge in [-0.05, 0) is 47.0 Å². The van der Waals surface area contributed by atoms with Gasteiger partial charge < -0.3 is 15.4 Å². The number of fused-ring (bicyclic) bond motifs is 1. The molecule has 1 aliphatic heterocycles. The van der Waals surface area contributed by atoms with E-state index < -0.39 is 18.0 Å². The number of para-hydroxylation sites is 1. The summed E-state index contributed by atoms with van der Waals surface area (Å²) in [6.07, 6.45) is 0.793. The first-order valence-corrected chi connectivity index (χ1v) is 12.1. The number of carbonyl (C=O) groups is 2. The lowest BCUT2D eigenvalue weighted by atomic mass is 10.0. The number of cyclic esters (lactones) is 1. The fourth-order valence-electron chi connectivity index (χ4n) is 4.46. The molecule has 1 saturated heterocycles. The number of rotatable bonds is 8. The van der Waals surface area contributed by atoms with Crippen LogP contribution in [0.3, 0.4) is 0 Å². The van der Waals surface area contributed by atoms with E-state index in [2.05, 4.69) is 21.7 Å². The van der Waals surface area contributed by atoms with Crippen LogP contribution in [0.1, 0.15) is 18.1 Å². The van der Waals surface area contributed by atoms with Crippen molar-refractivity contribution in [3.8, 4) is 11.1 Å². The zero-order chi connectivity index (χ0) is 25.8. The lowest BCUT2D eigenvalue weighted by Crippen LogP contribution is -2.33. The largest absolute Gasteiger partial charge is 0.442 e. The minimum Gasteiger partial charge on any atom is -0.442 e. The first-order valence-electron chi connectivity index (χ1n) is 12.1. The van der Waals surface area contributed by atoms with Gasteiger partial charge in [-0.2, -0.15) is 0 Å². The van der Waals surface area contributed by atoms with Crippen molar-refractivity contribution in [1.29, 1.82) is 0 Å². The molecule has 4 aromatic rings. The summed E-state index contributed by atoms with van der Waals surface area (Å²) in [5, 5.41) is 7.23. The molecule has 2 heterocycles. The van der Waals surface area contributed by atoms with Crippen LogP contribution in [0.2, 0.25) is 0 Å². The van der Waals surface area contributed by atoms with Crippen LogP contribution in [0.15, 0.2) is 79.0 Å². The Kier molecular flexibility index (Phi) is 7.09. The number of benzene rings is 3. The van der Waals surface area contributed by atoms with Gasteiger partial charge >= 0.3 is 6.09 Å². The van der Waals surface area contributed by atoms with Crippen molar-refractivity contribution < 1.29 is 18.7 Å². The van der Waals surface area contributed by atoms with Crippen LogP contribution in [-0.2, 0) is 22.6 Å². The molecule has 1 aliphatic rings. The molecule has 1 fully saturated rings.